The molecule has 2 atom stereocenters. The van der Waals surface area contributed by atoms with Crippen molar-refractivity contribution in [2.75, 3.05) is 40.5 Å². The lowest BCUT2D eigenvalue weighted by Gasteiger charge is -2.18. The first-order chi connectivity index (χ1) is 18.0. The second kappa shape index (κ2) is 23.8. The number of hydrogen-bond donors (Lipinski definition) is 2. The normalized spacial score (nSPS) is 13.0. The van der Waals surface area contributed by atoms with Gasteiger partial charge in [0.1, 0.15) is 12.4 Å². The Hall–Kier alpha value is -1.24. The number of carbonyl (C=O) groups is 1. The summed E-state index contributed by atoms with van der Waals surface area (Å²) < 4.78 is 21.5. The lowest BCUT2D eigenvalue weighted by Crippen LogP contribution is -3.05. The van der Waals surface area contributed by atoms with Crippen molar-refractivity contribution in [2.24, 2.45) is 0 Å². The molecule has 0 saturated carbocycles. The lowest BCUT2D eigenvalue weighted by atomic mass is 10.0. The zero-order chi connectivity index (χ0) is 27.0. The summed E-state index contributed by atoms with van der Waals surface area (Å²) in [7, 11) is 2.12. The molecule has 0 saturated heterocycles. The maximum absolute atomic E-state index is 10.9. The van der Waals surface area contributed by atoms with E-state index < -0.39 is 14.7 Å². The highest BCUT2D eigenvalue weighted by atomic mass is 31.2. The largest absolute Gasteiger partial charge is 0.490 e. The monoisotopic (exact) mass is 542 g/mol. The zero-order valence-corrected chi connectivity index (χ0v) is 24.5. The fourth-order valence-corrected chi connectivity index (χ4v) is 4.76. The molecule has 0 aliphatic heterocycles. The summed E-state index contributed by atoms with van der Waals surface area (Å²) in [6.45, 7) is 4.18. The van der Waals surface area contributed by atoms with Crippen LogP contribution in [0, 0.1) is 0 Å². The summed E-state index contributed by atoms with van der Waals surface area (Å²) in [4.78, 5) is 22.1. The molecule has 0 aliphatic rings. The third-order valence-electron chi connectivity index (χ3n) is 6.30. The molecule has 2 N–H and O–H groups in total. The molecule has 0 fully saturated rings. The van der Waals surface area contributed by atoms with Crippen molar-refractivity contribution in [1.29, 1.82) is 0 Å². The molecule has 0 radical (unpaired) electrons. The summed E-state index contributed by atoms with van der Waals surface area (Å²) in [5, 5.41) is 0. The summed E-state index contributed by atoms with van der Waals surface area (Å²) in [5.41, 5.74) is 1.25. The van der Waals surface area contributed by atoms with Crippen LogP contribution in [0.5, 0.6) is 5.75 Å². The van der Waals surface area contributed by atoms with Crippen molar-refractivity contribution in [1.82, 2.24) is 0 Å². The van der Waals surface area contributed by atoms with Gasteiger partial charge in [-0.15, -0.1) is 0 Å². The van der Waals surface area contributed by atoms with E-state index in [1.807, 2.05) is 18.2 Å². The van der Waals surface area contributed by atoms with Gasteiger partial charge in [0, 0.05) is 6.42 Å². The van der Waals surface area contributed by atoms with Crippen LogP contribution in [-0.4, -0.2) is 57.9 Å². The number of quaternary nitrogens is 1. The van der Waals surface area contributed by atoms with E-state index in [-0.39, 0.29) is 13.2 Å². The summed E-state index contributed by atoms with van der Waals surface area (Å²) >= 11 is 0. The Morgan fingerprint density at radius 1 is 0.892 bits per heavy atom. The molecule has 37 heavy (non-hydrogen) atoms. The first-order valence-electron chi connectivity index (χ1n) is 14.4. The van der Waals surface area contributed by atoms with E-state index in [0.717, 1.165) is 25.1 Å². The van der Waals surface area contributed by atoms with Crippen molar-refractivity contribution in [3.8, 4) is 5.75 Å². The molecule has 7 nitrogen and oxygen atoms in total. The van der Waals surface area contributed by atoms with E-state index in [1.54, 1.807) is 0 Å². The number of rotatable bonds is 26. The van der Waals surface area contributed by atoms with Crippen LogP contribution in [0.15, 0.2) is 24.3 Å². The fourth-order valence-electron chi connectivity index (χ4n) is 4.11. The van der Waals surface area contributed by atoms with Gasteiger partial charge in [0.05, 0.1) is 33.9 Å². The molecule has 0 bridgehead atoms. The first-order valence-corrected chi connectivity index (χ1v) is 15.5. The smallest absolute Gasteiger partial charge is 0.329 e. The Bertz CT molecular complexity index is 663. The van der Waals surface area contributed by atoms with Gasteiger partial charge < -0.3 is 28.3 Å². The van der Waals surface area contributed by atoms with Crippen molar-refractivity contribution >= 4 is 15.1 Å². The molecule has 2 unspecified atom stereocenters. The third-order valence-corrected chi connectivity index (χ3v) is 7.07. The molecule has 214 valence electrons. The highest BCUT2D eigenvalue weighted by Gasteiger charge is 2.16. The van der Waals surface area contributed by atoms with Crippen LogP contribution in [0.1, 0.15) is 96.0 Å². The van der Waals surface area contributed by atoms with E-state index in [4.69, 9.17) is 18.5 Å². The number of unbranched alkanes of at least 4 members (excludes halogenated alkanes) is 11. The van der Waals surface area contributed by atoms with Crippen LogP contribution in [0.4, 0.5) is 0 Å². The van der Waals surface area contributed by atoms with Crippen LogP contribution in [-0.2, 0) is 25.0 Å². The third kappa shape index (κ3) is 20.4. The standard InChI is InChI=1S/C29H52NO6P/c1-4-5-6-7-8-9-10-11-12-13-14-15-18-27-19-16-20-28(23-27)33-24-29(34-26-31)25-36-37(32)35-22-17-21-30(2)3/h16,19-20,23,26,29,32H,4-15,17-18,21-22,24-25H2,1-3H3/p+1. The van der Waals surface area contributed by atoms with Gasteiger partial charge >= 0.3 is 8.60 Å². The van der Waals surface area contributed by atoms with Gasteiger partial charge in [0.25, 0.3) is 6.47 Å². The average Bonchev–Trinajstić information content (AvgIpc) is 2.89. The van der Waals surface area contributed by atoms with E-state index in [0.29, 0.717) is 13.1 Å². The lowest BCUT2D eigenvalue weighted by molar-refractivity contribution is -0.858. The molecule has 0 aromatic heterocycles. The van der Waals surface area contributed by atoms with Gasteiger partial charge in [-0.3, -0.25) is 4.79 Å². The molecule has 8 heteroatoms. The maximum Gasteiger partial charge on any atom is 0.329 e. The van der Waals surface area contributed by atoms with Gasteiger partial charge in [-0.1, -0.05) is 89.7 Å². The van der Waals surface area contributed by atoms with Crippen molar-refractivity contribution < 1.29 is 33.1 Å². The van der Waals surface area contributed by atoms with Gasteiger partial charge in [-0.2, -0.15) is 0 Å². The van der Waals surface area contributed by atoms with Crippen LogP contribution in [0.25, 0.3) is 0 Å². The molecule has 0 aliphatic carbocycles. The van der Waals surface area contributed by atoms with Gasteiger partial charge in [0.2, 0.25) is 0 Å². The van der Waals surface area contributed by atoms with Crippen molar-refractivity contribution in [3.63, 3.8) is 0 Å². The number of nitrogens with one attached hydrogen (secondary N) is 1. The highest BCUT2D eigenvalue weighted by Crippen LogP contribution is 2.33. The topological polar surface area (TPSA) is 78.7 Å². The number of benzene rings is 1. The maximum atomic E-state index is 10.9. The average molecular weight is 543 g/mol. The van der Waals surface area contributed by atoms with Gasteiger partial charge in [0.15, 0.2) is 6.10 Å². The van der Waals surface area contributed by atoms with Crippen molar-refractivity contribution in [2.45, 2.75) is 103 Å². The summed E-state index contributed by atoms with van der Waals surface area (Å²) in [6, 6.07) is 8.07. The molecular formula is C29H53NO6P+. The van der Waals surface area contributed by atoms with Gasteiger partial charge in [-0.25, -0.2) is 0 Å². The molecule has 0 amide bonds. The number of carbonyl (C=O) groups excluding carboxylic acids is 1. The molecule has 0 heterocycles. The predicted octanol–water partition coefficient (Wildman–Crippen LogP) is 5.64. The molecule has 1 rings (SSSR count). The number of hydrogen-bond acceptors (Lipinski definition) is 6. The Morgan fingerprint density at radius 2 is 1.54 bits per heavy atom. The molecule has 1 aromatic rings. The van der Waals surface area contributed by atoms with Crippen LogP contribution in [0.2, 0.25) is 0 Å². The molecule has 1 aromatic carbocycles. The van der Waals surface area contributed by atoms with E-state index in [1.165, 1.54) is 87.5 Å². The SMILES string of the molecule is CCCCCCCCCCCCCCc1cccc(OCC(COP(O)OCCC[NH+](C)C)OC=O)c1. The second-order valence-electron chi connectivity index (χ2n) is 10.1. The zero-order valence-electron chi connectivity index (χ0n) is 23.6. The number of ether oxygens (including phenoxy) is 2. The fraction of sp³-hybridized carbons (Fsp3) is 0.759. The van der Waals surface area contributed by atoms with E-state index in [9.17, 15) is 9.69 Å². The van der Waals surface area contributed by atoms with Crippen LogP contribution in [0.3, 0.4) is 0 Å². The van der Waals surface area contributed by atoms with Gasteiger partial charge in [-0.05, 0) is 30.5 Å². The molecular weight excluding hydrogens is 489 g/mol. The summed E-state index contributed by atoms with van der Waals surface area (Å²) in [6.07, 6.45) is 17.4. The Morgan fingerprint density at radius 3 is 2.16 bits per heavy atom. The van der Waals surface area contributed by atoms with Crippen molar-refractivity contribution in [3.05, 3.63) is 29.8 Å². The first kappa shape index (κ1) is 33.8. The van der Waals surface area contributed by atoms with E-state index in [2.05, 4.69) is 27.1 Å². The highest BCUT2D eigenvalue weighted by molar-refractivity contribution is 7.40. The minimum absolute atomic E-state index is 0.0123. The van der Waals surface area contributed by atoms with E-state index >= 15 is 0 Å². The predicted molar refractivity (Wildman–Crippen MR) is 151 cm³/mol. The molecule has 0 spiro atoms. The minimum Gasteiger partial charge on any atom is -0.490 e. The van der Waals surface area contributed by atoms with Crippen LogP contribution >= 0.6 is 8.60 Å². The Labute approximate surface area is 227 Å². The Balaban J connectivity index is 2.19. The number of aryl methyl sites for hydroxylation is 1. The van der Waals surface area contributed by atoms with Crippen LogP contribution < -0.4 is 9.64 Å². The quantitative estimate of drug-likeness (QED) is 0.0897. The minimum atomic E-state index is -2.00. The second-order valence-corrected chi connectivity index (χ2v) is 11.1. The summed E-state index contributed by atoms with van der Waals surface area (Å²) in [5.74, 6) is 0.740. The Kier molecular flexibility index (Phi) is 21.8.